The summed E-state index contributed by atoms with van der Waals surface area (Å²) in [5.41, 5.74) is 5.95. The van der Waals surface area contributed by atoms with Crippen LogP contribution in [0.5, 0.6) is 0 Å². The second-order valence-corrected chi connectivity index (χ2v) is 8.14. The Bertz CT molecular complexity index is 642. The molecule has 6 heteroatoms. The predicted molar refractivity (Wildman–Crippen MR) is 81.9 cm³/mol. The fourth-order valence-electron chi connectivity index (χ4n) is 2.60. The van der Waals surface area contributed by atoms with Crippen molar-refractivity contribution in [1.82, 2.24) is 4.90 Å². The van der Waals surface area contributed by atoms with Gasteiger partial charge in [-0.05, 0) is 30.5 Å². The Labute approximate surface area is 126 Å². The molecular weight excluding hydrogens is 288 g/mol. The van der Waals surface area contributed by atoms with Crippen molar-refractivity contribution in [3.05, 3.63) is 29.8 Å². The number of sulfone groups is 1. The van der Waals surface area contributed by atoms with Crippen molar-refractivity contribution in [2.24, 2.45) is 11.1 Å². The Hall–Kier alpha value is -1.40. The van der Waals surface area contributed by atoms with Gasteiger partial charge in [-0.1, -0.05) is 26.0 Å². The van der Waals surface area contributed by atoms with Crippen molar-refractivity contribution in [3.63, 3.8) is 0 Å². The van der Waals surface area contributed by atoms with Crippen LogP contribution >= 0.6 is 0 Å². The minimum atomic E-state index is -3.41. The molecule has 1 aromatic carbocycles. The minimum absolute atomic E-state index is 0.0161. The molecule has 0 saturated carbocycles. The van der Waals surface area contributed by atoms with Crippen LogP contribution in [0.2, 0.25) is 0 Å². The molecule has 0 aliphatic carbocycles. The average molecular weight is 310 g/mol. The lowest BCUT2D eigenvalue weighted by molar-refractivity contribution is 0.0773. The number of nitrogens with two attached hydrogens (primary N) is 1. The molecule has 1 aliphatic rings. The number of rotatable bonds is 4. The highest BCUT2D eigenvalue weighted by molar-refractivity contribution is 7.91. The second-order valence-electron chi connectivity index (χ2n) is 5.89. The zero-order chi connectivity index (χ0) is 15.7. The number of benzene rings is 1. The molecule has 21 heavy (non-hydrogen) atoms. The first-order valence-corrected chi connectivity index (χ1v) is 8.79. The maximum absolute atomic E-state index is 12.7. The Morgan fingerprint density at radius 2 is 2.05 bits per heavy atom. The molecule has 116 valence electrons. The van der Waals surface area contributed by atoms with Crippen molar-refractivity contribution in [3.8, 4) is 0 Å². The van der Waals surface area contributed by atoms with E-state index in [1.165, 1.54) is 6.07 Å². The van der Waals surface area contributed by atoms with Crippen LogP contribution in [-0.2, 0) is 9.84 Å². The summed E-state index contributed by atoms with van der Waals surface area (Å²) in [4.78, 5) is 14.5. The van der Waals surface area contributed by atoms with Gasteiger partial charge in [0.25, 0.3) is 5.91 Å². The van der Waals surface area contributed by atoms with Crippen LogP contribution in [0.3, 0.4) is 0 Å². The molecule has 2 N–H and O–H groups in total. The number of carbonyl (C=O) groups excluding carboxylic acids is 1. The topological polar surface area (TPSA) is 80.5 Å². The molecule has 1 saturated heterocycles. The highest BCUT2D eigenvalue weighted by atomic mass is 32.2. The molecule has 1 heterocycles. The van der Waals surface area contributed by atoms with E-state index in [1.807, 2.05) is 0 Å². The number of carbonyl (C=O) groups is 1. The van der Waals surface area contributed by atoms with E-state index in [4.69, 9.17) is 5.73 Å². The predicted octanol–water partition coefficient (Wildman–Crippen LogP) is 1.29. The number of likely N-dealkylation sites (tertiary alicyclic amines) is 1. The van der Waals surface area contributed by atoms with Crippen molar-refractivity contribution < 1.29 is 13.2 Å². The Kier molecular flexibility index (Phi) is 4.39. The van der Waals surface area contributed by atoms with Crippen LogP contribution in [0.25, 0.3) is 0 Å². The molecule has 0 radical (unpaired) electrons. The summed E-state index contributed by atoms with van der Waals surface area (Å²) in [5.74, 6) is -0.238. The van der Waals surface area contributed by atoms with E-state index in [0.717, 1.165) is 6.42 Å². The molecular formula is C15H22N2O3S. The van der Waals surface area contributed by atoms with Crippen molar-refractivity contribution in [2.75, 3.05) is 25.4 Å². The molecule has 1 amide bonds. The largest absolute Gasteiger partial charge is 0.338 e. The van der Waals surface area contributed by atoms with Gasteiger partial charge in [-0.25, -0.2) is 8.42 Å². The summed E-state index contributed by atoms with van der Waals surface area (Å²) in [6.45, 7) is 5.34. The zero-order valence-corrected chi connectivity index (χ0v) is 13.3. The average Bonchev–Trinajstić information content (AvgIpc) is 2.90. The van der Waals surface area contributed by atoms with Gasteiger partial charge < -0.3 is 10.6 Å². The van der Waals surface area contributed by atoms with E-state index >= 15 is 0 Å². The first-order valence-electron chi connectivity index (χ1n) is 7.14. The van der Waals surface area contributed by atoms with Gasteiger partial charge in [-0.2, -0.15) is 0 Å². The SMILES string of the molecule is CCS(=O)(=O)c1ccccc1C(=O)N1CCC(C)(CN)C1. The zero-order valence-electron chi connectivity index (χ0n) is 12.5. The highest BCUT2D eigenvalue weighted by Gasteiger charge is 2.36. The van der Waals surface area contributed by atoms with Gasteiger partial charge in [-0.3, -0.25) is 4.79 Å². The second kappa shape index (κ2) is 5.77. The van der Waals surface area contributed by atoms with Crippen LogP contribution in [-0.4, -0.2) is 44.6 Å². The molecule has 0 aromatic heterocycles. The minimum Gasteiger partial charge on any atom is -0.338 e. The molecule has 2 rings (SSSR count). The summed E-state index contributed by atoms with van der Waals surface area (Å²) in [6, 6.07) is 6.43. The van der Waals surface area contributed by atoms with Gasteiger partial charge in [0.2, 0.25) is 0 Å². The number of hydrogen-bond donors (Lipinski definition) is 1. The third kappa shape index (κ3) is 3.11. The fourth-order valence-corrected chi connectivity index (χ4v) is 3.69. The maximum Gasteiger partial charge on any atom is 0.255 e. The lowest BCUT2D eigenvalue weighted by atomic mass is 9.90. The first-order chi connectivity index (χ1) is 9.83. The fraction of sp³-hybridized carbons (Fsp3) is 0.533. The number of nitrogens with zero attached hydrogens (tertiary/aromatic N) is 1. The molecule has 1 aromatic rings. The Balaban J connectivity index is 2.34. The molecule has 0 spiro atoms. The van der Waals surface area contributed by atoms with Gasteiger partial charge in [0.1, 0.15) is 0 Å². The van der Waals surface area contributed by atoms with Gasteiger partial charge in [0, 0.05) is 13.1 Å². The molecule has 1 aliphatic heterocycles. The maximum atomic E-state index is 12.7. The lowest BCUT2D eigenvalue weighted by Crippen LogP contribution is -2.35. The van der Waals surface area contributed by atoms with Crippen molar-refractivity contribution >= 4 is 15.7 Å². The van der Waals surface area contributed by atoms with Gasteiger partial charge in [-0.15, -0.1) is 0 Å². The summed E-state index contributed by atoms with van der Waals surface area (Å²) < 4.78 is 24.3. The van der Waals surface area contributed by atoms with Crippen molar-refractivity contribution in [2.45, 2.75) is 25.2 Å². The van der Waals surface area contributed by atoms with E-state index in [9.17, 15) is 13.2 Å². The van der Waals surface area contributed by atoms with Crippen LogP contribution in [0.4, 0.5) is 0 Å². The molecule has 5 nitrogen and oxygen atoms in total. The smallest absolute Gasteiger partial charge is 0.255 e. The van der Waals surface area contributed by atoms with E-state index in [-0.39, 0.29) is 27.5 Å². The molecule has 1 atom stereocenters. The Morgan fingerprint density at radius 1 is 1.38 bits per heavy atom. The number of amides is 1. The third-order valence-electron chi connectivity index (χ3n) is 4.17. The van der Waals surface area contributed by atoms with E-state index in [1.54, 1.807) is 30.0 Å². The summed E-state index contributed by atoms with van der Waals surface area (Å²) in [5, 5.41) is 0. The number of hydrogen-bond acceptors (Lipinski definition) is 4. The van der Waals surface area contributed by atoms with E-state index < -0.39 is 9.84 Å². The van der Waals surface area contributed by atoms with Crippen LogP contribution in [0.15, 0.2) is 29.2 Å². The quantitative estimate of drug-likeness (QED) is 0.908. The van der Waals surface area contributed by atoms with Crippen LogP contribution in [0, 0.1) is 5.41 Å². The van der Waals surface area contributed by atoms with Crippen LogP contribution in [0.1, 0.15) is 30.6 Å². The summed E-state index contributed by atoms with van der Waals surface area (Å²) in [6.07, 6.45) is 0.845. The normalized spacial score (nSPS) is 22.5. The van der Waals surface area contributed by atoms with E-state index in [2.05, 4.69) is 6.92 Å². The Morgan fingerprint density at radius 3 is 2.62 bits per heavy atom. The monoisotopic (exact) mass is 310 g/mol. The highest BCUT2D eigenvalue weighted by Crippen LogP contribution is 2.30. The third-order valence-corrected chi connectivity index (χ3v) is 5.96. The molecule has 0 bridgehead atoms. The van der Waals surface area contributed by atoms with Gasteiger partial charge >= 0.3 is 0 Å². The van der Waals surface area contributed by atoms with E-state index in [0.29, 0.717) is 19.6 Å². The molecule has 1 unspecified atom stereocenters. The standard InChI is InChI=1S/C15H22N2O3S/c1-3-21(19,20)13-7-5-4-6-12(13)14(18)17-9-8-15(2,10-16)11-17/h4-7H,3,8-11,16H2,1-2H3. The van der Waals surface area contributed by atoms with Crippen molar-refractivity contribution in [1.29, 1.82) is 0 Å². The molecule has 1 fully saturated rings. The lowest BCUT2D eigenvalue weighted by Gasteiger charge is -2.23. The summed E-state index contributed by atoms with van der Waals surface area (Å²) >= 11 is 0. The van der Waals surface area contributed by atoms with Gasteiger partial charge in [0.05, 0.1) is 16.2 Å². The summed E-state index contributed by atoms with van der Waals surface area (Å²) in [7, 11) is -3.41. The first kappa shape index (κ1) is 16.0. The van der Waals surface area contributed by atoms with Crippen LogP contribution < -0.4 is 5.73 Å². The van der Waals surface area contributed by atoms with Gasteiger partial charge in [0.15, 0.2) is 9.84 Å².